The summed E-state index contributed by atoms with van der Waals surface area (Å²) in [6.07, 6.45) is 2.16. The number of aryl methyl sites for hydroxylation is 1. The average Bonchev–Trinajstić information content (AvgIpc) is 2.85. The Kier molecular flexibility index (Phi) is 4.39. The fourth-order valence-electron chi connectivity index (χ4n) is 1.52. The number of carbonyl (C=O) groups excluding carboxylic acids is 1. The Balaban J connectivity index is 2.16. The van der Waals surface area contributed by atoms with Crippen molar-refractivity contribution < 1.29 is 19.1 Å². The quantitative estimate of drug-likeness (QED) is 0.846. The number of aromatic nitrogens is 2. The highest BCUT2D eigenvalue weighted by Crippen LogP contribution is 2.19. The lowest BCUT2D eigenvalue weighted by atomic mass is 10.2. The number of amides is 1. The summed E-state index contributed by atoms with van der Waals surface area (Å²) in [4.78, 5) is 22.6. The minimum atomic E-state index is -1.12. The number of aliphatic carboxylic acids is 1. The second kappa shape index (κ2) is 6.23. The molecule has 0 aliphatic carbocycles. The fourth-order valence-corrected chi connectivity index (χ4v) is 2.07. The molecule has 108 valence electrons. The summed E-state index contributed by atoms with van der Waals surface area (Å²) in [6, 6.07) is 3.99. The number of benzene rings is 1. The maximum absolute atomic E-state index is 13.9. The normalized spacial score (nSPS) is 10.8. The molecule has 0 unspecified atom stereocenters. The standard InChI is InChI=1S/C13H10FN3O3S/c1-7-12(21-17-16-7)13(20)15-10-4-2-8(6-9(10)14)3-5-11(18)19/h2-6H,1H3,(H,15,20)(H,18,19). The highest BCUT2D eigenvalue weighted by atomic mass is 32.1. The van der Waals surface area contributed by atoms with E-state index < -0.39 is 17.7 Å². The molecule has 2 rings (SSSR count). The van der Waals surface area contributed by atoms with Gasteiger partial charge in [0.1, 0.15) is 10.7 Å². The molecule has 1 aromatic heterocycles. The third kappa shape index (κ3) is 3.69. The van der Waals surface area contributed by atoms with Crippen molar-refractivity contribution in [1.29, 1.82) is 0 Å². The van der Waals surface area contributed by atoms with E-state index in [0.29, 0.717) is 16.1 Å². The van der Waals surface area contributed by atoms with E-state index in [1.54, 1.807) is 6.92 Å². The highest BCUT2D eigenvalue weighted by Gasteiger charge is 2.15. The number of halogens is 1. The van der Waals surface area contributed by atoms with Crippen LogP contribution < -0.4 is 5.32 Å². The van der Waals surface area contributed by atoms with Gasteiger partial charge in [0, 0.05) is 6.08 Å². The van der Waals surface area contributed by atoms with E-state index in [-0.39, 0.29) is 5.69 Å². The van der Waals surface area contributed by atoms with Crippen LogP contribution in [0.5, 0.6) is 0 Å². The van der Waals surface area contributed by atoms with Gasteiger partial charge in [0.25, 0.3) is 5.91 Å². The number of rotatable bonds is 4. The summed E-state index contributed by atoms with van der Waals surface area (Å²) in [6.45, 7) is 1.63. The van der Waals surface area contributed by atoms with Crippen LogP contribution in [0.25, 0.3) is 6.08 Å². The van der Waals surface area contributed by atoms with E-state index >= 15 is 0 Å². The van der Waals surface area contributed by atoms with Gasteiger partial charge in [0.2, 0.25) is 0 Å². The molecule has 0 fully saturated rings. The summed E-state index contributed by atoms with van der Waals surface area (Å²) >= 11 is 0.925. The molecule has 0 atom stereocenters. The van der Waals surface area contributed by atoms with E-state index in [1.807, 2.05) is 0 Å². The number of hydrogen-bond donors (Lipinski definition) is 2. The zero-order valence-electron chi connectivity index (χ0n) is 10.8. The van der Waals surface area contributed by atoms with E-state index in [0.717, 1.165) is 23.7 Å². The minimum absolute atomic E-state index is 0.000255. The zero-order valence-corrected chi connectivity index (χ0v) is 11.6. The van der Waals surface area contributed by atoms with Gasteiger partial charge in [-0.15, -0.1) is 5.10 Å². The molecule has 21 heavy (non-hydrogen) atoms. The molecule has 0 bridgehead atoms. The first-order valence-electron chi connectivity index (χ1n) is 5.78. The van der Waals surface area contributed by atoms with Crippen molar-refractivity contribution in [3.63, 3.8) is 0 Å². The predicted octanol–water partition coefficient (Wildman–Crippen LogP) is 2.34. The lowest BCUT2D eigenvalue weighted by Gasteiger charge is -2.05. The van der Waals surface area contributed by atoms with Crippen LogP contribution >= 0.6 is 11.5 Å². The van der Waals surface area contributed by atoms with Crippen LogP contribution in [-0.2, 0) is 4.79 Å². The highest BCUT2D eigenvalue weighted by molar-refractivity contribution is 7.08. The minimum Gasteiger partial charge on any atom is -0.478 e. The summed E-state index contributed by atoms with van der Waals surface area (Å²) < 4.78 is 17.5. The molecule has 0 saturated carbocycles. The fraction of sp³-hybridized carbons (Fsp3) is 0.0769. The van der Waals surface area contributed by atoms with E-state index in [4.69, 9.17) is 5.11 Å². The number of hydrogen-bond acceptors (Lipinski definition) is 5. The van der Waals surface area contributed by atoms with Gasteiger partial charge < -0.3 is 10.4 Å². The van der Waals surface area contributed by atoms with Crippen molar-refractivity contribution in [2.24, 2.45) is 0 Å². The van der Waals surface area contributed by atoms with Gasteiger partial charge in [0.15, 0.2) is 0 Å². The van der Waals surface area contributed by atoms with Crippen molar-refractivity contribution in [3.8, 4) is 0 Å². The van der Waals surface area contributed by atoms with Crippen molar-refractivity contribution in [2.75, 3.05) is 5.32 Å². The summed E-state index contributed by atoms with van der Waals surface area (Å²) in [5, 5.41) is 14.6. The van der Waals surface area contributed by atoms with Crippen molar-refractivity contribution in [2.45, 2.75) is 6.92 Å². The van der Waals surface area contributed by atoms with Crippen LogP contribution in [0.4, 0.5) is 10.1 Å². The monoisotopic (exact) mass is 307 g/mol. The van der Waals surface area contributed by atoms with Gasteiger partial charge in [-0.1, -0.05) is 10.6 Å². The number of nitrogens with one attached hydrogen (secondary N) is 1. The summed E-state index contributed by atoms with van der Waals surface area (Å²) in [5.74, 6) is -2.28. The van der Waals surface area contributed by atoms with Crippen molar-refractivity contribution >= 4 is 35.2 Å². The molecule has 0 saturated heterocycles. The maximum atomic E-state index is 13.9. The molecule has 0 aliphatic rings. The molecule has 1 amide bonds. The van der Waals surface area contributed by atoms with Gasteiger partial charge >= 0.3 is 5.97 Å². The number of anilines is 1. The Morgan fingerprint density at radius 1 is 1.43 bits per heavy atom. The molecule has 2 aromatic rings. The Morgan fingerprint density at radius 3 is 2.76 bits per heavy atom. The molecule has 2 N–H and O–H groups in total. The first-order valence-corrected chi connectivity index (χ1v) is 6.55. The molecular formula is C13H10FN3O3S. The molecular weight excluding hydrogens is 297 g/mol. The second-order valence-electron chi connectivity index (χ2n) is 4.05. The number of nitrogens with zero attached hydrogens (tertiary/aromatic N) is 2. The molecule has 6 nitrogen and oxygen atoms in total. The molecule has 1 heterocycles. The molecule has 0 spiro atoms. The third-order valence-electron chi connectivity index (χ3n) is 2.52. The SMILES string of the molecule is Cc1nnsc1C(=O)Nc1ccc(C=CC(=O)O)cc1F. The van der Waals surface area contributed by atoms with E-state index in [1.165, 1.54) is 18.2 Å². The summed E-state index contributed by atoms with van der Waals surface area (Å²) in [7, 11) is 0. The van der Waals surface area contributed by atoms with E-state index in [2.05, 4.69) is 14.9 Å². The third-order valence-corrected chi connectivity index (χ3v) is 3.34. The Labute approximate surface area is 123 Å². The van der Waals surface area contributed by atoms with Crippen LogP contribution in [0.15, 0.2) is 24.3 Å². The van der Waals surface area contributed by atoms with Crippen LogP contribution in [0, 0.1) is 12.7 Å². The van der Waals surface area contributed by atoms with Crippen molar-refractivity contribution in [3.05, 3.63) is 46.2 Å². The Hall–Kier alpha value is -2.61. The van der Waals surface area contributed by atoms with E-state index in [9.17, 15) is 14.0 Å². The van der Waals surface area contributed by atoms with Gasteiger partial charge in [-0.3, -0.25) is 4.79 Å². The number of carboxylic acids is 1. The van der Waals surface area contributed by atoms with Gasteiger partial charge in [-0.25, -0.2) is 9.18 Å². The topological polar surface area (TPSA) is 92.2 Å². The molecule has 1 aromatic carbocycles. The van der Waals surface area contributed by atoms with Crippen LogP contribution in [-0.4, -0.2) is 26.6 Å². The van der Waals surface area contributed by atoms with Crippen LogP contribution in [0.2, 0.25) is 0 Å². The lowest BCUT2D eigenvalue weighted by Crippen LogP contribution is -2.12. The Morgan fingerprint density at radius 2 is 2.19 bits per heavy atom. The van der Waals surface area contributed by atoms with Gasteiger partial charge in [-0.05, 0) is 42.2 Å². The largest absolute Gasteiger partial charge is 0.478 e. The smallest absolute Gasteiger partial charge is 0.328 e. The maximum Gasteiger partial charge on any atom is 0.328 e. The second-order valence-corrected chi connectivity index (χ2v) is 4.81. The average molecular weight is 307 g/mol. The predicted molar refractivity (Wildman–Crippen MR) is 75.7 cm³/mol. The molecule has 0 aliphatic heterocycles. The van der Waals surface area contributed by atoms with Gasteiger partial charge in [0.05, 0.1) is 11.4 Å². The zero-order chi connectivity index (χ0) is 15.4. The Bertz CT molecular complexity index is 727. The molecule has 8 heteroatoms. The molecule has 0 radical (unpaired) electrons. The lowest BCUT2D eigenvalue weighted by molar-refractivity contribution is -0.131. The summed E-state index contributed by atoms with van der Waals surface area (Å²) in [5.41, 5.74) is 0.850. The number of carbonyl (C=O) groups is 2. The van der Waals surface area contributed by atoms with Crippen LogP contribution in [0.1, 0.15) is 20.9 Å². The van der Waals surface area contributed by atoms with Gasteiger partial charge in [-0.2, -0.15) is 0 Å². The van der Waals surface area contributed by atoms with Crippen LogP contribution in [0.3, 0.4) is 0 Å². The first-order chi connectivity index (χ1) is 9.97. The number of carboxylic acid groups (broad SMARTS) is 1. The first kappa shape index (κ1) is 14.8. The van der Waals surface area contributed by atoms with Crippen molar-refractivity contribution in [1.82, 2.24) is 9.59 Å².